The van der Waals surface area contributed by atoms with E-state index in [9.17, 15) is 13.2 Å². The average molecular weight is 344 g/mol. The Balaban J connectivity index is 2.13. The largest absolute Gasteiger partial charge is 0.350 e. The Hall–Kier alpha value is -2.34. The van der Waals surface area contributed by atoms with Crippen LogP contribution in [0.5, 0.6) is 0 Å². The van der Waals surface area contributed by atoms with E-state index in [0.717, 1.165) is 12.0 Å². The van der Waals surface area contributed by atoms with E-state index in [1.807, 2.05) is 13.8 Å². The molecule has 0 radical (unpaired) electrons. The lowest BCUT2D eigenvalue weighted by Gasteiger charge is -2.29. The first-order valence-corrected chi connectivity index (χ1v) is 9.33. The second-order valence-electron chi connectivity index (χ2n) is 5.98. The number of hydrogen-bond donors (Lipinski definition) is 1. The number of nitrogens with one attached hydrogen (secondary N) is 1. The molecule has 2 aromatic carbocycles. The lowest BCUT2D eigenvalue weighted by atomic mass is 10.00. The molecule has 3 rings (SSSR count). The molecule has 1 amide bonds. The van der Waals surface area contributed by atoms with E-state index in [1.54, 1.807) is 42.5 Å². The number of benzene rings is 2. The number of sulfonamides is 1. The standard InChI is InChI=1S/C18H20N2O3S/c1-4-12(2)19-18(21)13-9-10-16-15(11-13)14-7-5-6-8-17(14)24(22,23)20(16)3/h5-12H,4H2,1-3H3,(H,19,21)/t12-/m0/s1. The summed E-state index contributed by atoms with van der Waals surface area (Å²) in [5, 5.41) is 2.93. The first-order chi connectivity index (χ1) is 11.4. The molecular formula is C18H20N2O3S. The highest BCUT2D eigenvalue weighted by atomic mass is 32.2. The van der Waals surface area contributed by atoms with Gasteiger partial charge in [0.25, 0.3) is 15.9 Å². The third kappa shape index (κ3) is 2.57. The normalized spacial score (nSPS) is 16.0. The van der Waals surface area contributed by atoms with Crippen LogP contribution in [0, 0.1) is 0 Å². The zero-order valence-corrected chi connectivity index (χ0v) is 14.7. The van der Waals surface area contributed by atoms with Crippen LogP contribution < -0.4 is 9.62 Å². The minimum Gasteiger partial charge on any atom is -0.350 e. The second kappa shape index (κ2) is 5.94. The number of fused-ring (bicyclic) bond motifs is 3. The van der Waals surface area contributed by atoms with Crippen LogP contribution in [0.1, 0.15) is 30.6 Å². The minimum absolute atomic E-state index is 0.0869. The van der Waals surface area contributed by atoms with Gasteiger partial charge in [0.05, 0.1) is 10.6 Å². The Morgan fingerprint density at radius 1 is 1.17 bits per heavy atom. The zero-order chi connectivity index (χ0) is 17.5. The van der Waals surface area contributed by atoms with Crippen LogP contribution >= 0.6 is 0 Å². The fourth-order valence-electron chi connectivity index (χ4n) is 2.77. The molecule has 1 atom stereocenters. The van der Waals surface area contributed by atoms with Crippen LogP contribution in [0.15, 0.2) is 47.4 Å². The molecule has 0 aromatic heterocycles. The van der Waals surface area contributed by atoms with Crippen molar-refractivity contribution < 1.29 is 13.2 Å². The number of rotatable bonds is 3. The fourth-order valence-corrected chi connectivity index (χ4v) is 4.19. The van der Waals surface area contributed by atoms with Gasteiger partial charge >= 0.3 is 0 Å². The maximum atomic E-state index is 12.6. The molecule has 0 bridgehead atoms. The van der Waals surface area contributed by atoms with E-state index in [1.165, 1.54) is 11.4 Å². The monoisotopic (exact) mass is 344 g/mol. The fraction of sp³-hybridized carbons (Fsp3) is 0.278. The van der Waals surface area contributed by atoms with Gasteiger partial charge in [0.2, 0.25) is 0 Å². The lowest BCUT2D eigenvalue weighted by Crippen LogP contribution is -2.33. The molecule has 0 unspecified atom stereocenters. The van der Waals surface area contributed by atoms with Crippen molar-refractivity contribution in [1.29, 1.82) is 0 Å². The lowest BCUT2D eigenvalue weighted by molar-refractivity contribution is 0.0939. The molecule has 1 aliphatic heterocycles. The van der Waals surface area contributed by atoms with Crippen LogP contribution in [-0.4, -0.2) is 27.4 Å². The summed E-state index contributed by atoms with van der Waals surface area (Å²) in [6.45, 7) is 3.96. The molecule has 1 aliphatic rings. The molecule has 0 aliphatic carbocycles. The summed E-state index contributed by atoms with van der Waals surface area (Å²) >= 11 is 0. The molecule has 0 saturated heterocycles. The van der Waals surface area contributed by atoms with Crippen molar-refractivity contribution in [3.8, 4) is 11.1 Å². The molecule has 0 fully saturated rings. The molecule has 1 heterocycles. The molecule has 0 spiro atoms. The van der Waals surface area contributed by atoms with Gasteiger partial charge in [0.15, 0.2) is 0 Å². The highest BCUT2D eigenvalue weighted by molar-refractivity contribution is 7.93. The number of nitrogens with zero attached hydrogens (tertiary/aromatic N) is 1. The van der Waals surface area contributed by atoms with Crippen molar-refractivity contribution in [2.75, 3.05) is 11.4 Å². The van der Waals surface area contributed by atoms with E-state index in [0.29, 0.717) is 16.8 Å². The van der Waals surface area contributed by atoms with Crippen LogP contribution in [0.25, 0.3) is 11.1 Å². The quantitative estimate of drug-likeness (QED) is 0.931. The highest BCUT2D eigenvalue weighted by Crippen LogP contribution is 2.42. The van der Waals surface area contributed by atoms with Crippen molar-refractivity contribution in [2.45, 2.75) is 31.2 Å². The summed E-state index contributed by atoms with van der Waals surface area (Å²) in [4.78, 5) is 12.6. The van der Waals surface area contributed by atoms with Crippen molar-refractivity contribution in [2.24, 2.45) is 0 Å². The van der Waals surface area contributed by atoms with Gasteiger partial charge in [0.1, 0.15) is 0 Å². The molecule has 6 heteroatoms. The van der Waals surface area contributed by atoms with Gasteiger partial charge in [-0.25, -0.2) is 8.42 Å². The van der Waals surface area contributed by atoms with Gasteiger partial charge in [0, 0.05) is 29.8 Å². The summed E-state index contributed by atoms with van der Waals surface area (Å²) in [6.07, 6.45) is 0.848. The maximum absolute atomic E-state index is 12.6. The summed E-state index contributed by atoms with van der Waals surface area (Å²) in [7, 11) is -2.03. The van der Waals surface area contributed by atoms with E-state index in [-0.39, 0.29) is 16.8 Å². The summed E-state index contributed by atoms with van der Waals surface area (Å²) < 4.78 is 26.5. The van der Waals surface area contributed by atoms with Gasteiger partial charge < -0.3 is 5.32 Å². The SMILES string of the molecule is CC[C@H](C)NC(=O)c1ccc2c(c1)-c1ccccc1S(=O)(=O)N2C. The maximum Gasteiger partial charge on any atom is 0.264 e. The molecular weight excluding hydrogens is 324 g/mol. The van der Waals surface area contributed by atoms with Crippen LogP contribution in [0.2, 0.25) is 0 Å². The summed E-state index contributed by atoms with van der Waals surface area (Å²) in [6, 6.07) is 12.1. The third-order valence-corrected chi connectivity index (χ3v) is 6.23. The molecule has 1 N–H and O–H groups in total. The second-order valence-corrected chi connectivity index (χ2v) is 7.92. The number of carbonyl (C=O) groups is 1. The van der Waals surface area contributed by atoms with Gasteiger partial charge in [-0.1, -0.05) is 25.1 Å². The first-order valence-electron chi connectivity index (χ1n) is 7.89. The van der Waals surface area contributed by atoms with Crippen molar-refractivity contribution in [3.05, 3.63) is 48.0 Å². The number of anilines is 1. The first kappa shape index (κ1) is 16.5. The Kier molecular flexibility index (Phi) is 4.09. The predicted octanol–water partition coefficient (Wildman–Crippen LogP) is 3.02. The van der Waals surface area contributed by atoms with E-state index >= 15 is 0 Å². The van der Waals surface area contributed by atoms with Gasteiger partial charge in [-0.2, -0.15) is 0 Å². The van der Waals surface area contributed by atoms with Crippen molar-refractivity contribution in [3.63, 3.8) is 0 Å². The van der Waals surface area contributed by atoms with Crippen LogP contribution in [-0.2, 0) is 10.0 Å². The molecule has 0 saturated carbocycles. The smallest absolute Gasteiger partial charge is 0.264 e. The summed E-state index contributed by atoms with van der Waals surface area (Å²) in [5.74, 6) is -0.152. The molecule has 126 valence electrons. The van der Waals surface area contributed by atoms with E-state index in [2.05, 4.69) is 5.32 Å². The Bertz CT molecular complexity index is 906. The summed E-state index contributed by atoms with van der Waals surface area (Å²) in [5.41, 5.74) is 2.48. The Labute approximate surface area is 142 Å². The zero-order valence-electron chi connectivity index (χ0n) is 13.9. The Morgan fingerprint density at radius 3 is 2.58 bits per heavy atom. The number of hydrogen-bond acceptors (Lipinski definition) is 3. The topological polar surface area (TPSA) is 66.5 Å². The number of amides is 1. The molecule has 5 nitrogen and oxygen atoms in total. The number of carbonyl (C=O) groups excluding carboxylic acids is 1. The van der Waals surface area contributed by atoms with Crippen molar-refractivity contribution in [1.82, 2.24) is 5.32 Å². The third-order valence-electron chi connectivity index (χ3n) is 4.40. The van der Waals surface area contributed by atoms with Crippen LogP contribution in [0.3, 0.4) is 0 Å². The van der Waals surface area contributed by atoms with Crippen molar-refractivity contribution >= 4 is 21.6 Å². The van der Waals surface area contributed by atoms with Gasteiger partial charge in [-0.15, -0.1) is 0 Å². The minimum atomic E-state index is -3.56. The molecule has 24 heavy (non-hydrogen) atoms. The molecule has 2 aromatic rings. The van der Waals surface area contributed by atoms with Gasteiger partial charge in [-0.05, 0) is 37.6 Å². The van der Waals surface area contributed by atoms with Gasteiger partial charge in [-0.3, -0.25) is 9.10 Å². The van der Waals surface area contributed by atoms with E-state index in [4.69, 9.17) is 0 Å². The Morgan fingerprint density at radius 2 is 1.88 bits per heavy atom. The average Bonchev–Trinajstić information content (AvgIpc) is 2.59. The van der Waals surface area contributed by atoms with Crippen LogP contribution in [0.4, 0.5) is 5.69 Å². The predicted molar refractivity (Wildman–Crippen MR) is 94.7 cm³/mol. The van der Waals surface area contributed by atoms with E-state index < -0.39 is 10.0 Å². The highest BCUT2D eigenvalue weighted by Gasteiger charge is 2.32.